The summed E-state index contributed by atoms with van der Waals surface area (Å²) < 4.78 is 5.42. The van der Waals surface area contributed by atoms with Crippen LogP contribution in [0.4, 0.5) is 0 Å². The molecule has 4 atom stereocenters. The maximum Gasteiger partial charge on any atom is 0.230 e. The van der Waals surface area contributed by atoms with Crippen LogP contribution in [0.2, 0.25) is 0 Å². The summed E-state index contributed by atoms with van der Waals surface area (Å²) in [7, 11) is 0. The maximum atomic E-state index is 5.42. The van der Waals surface area contributed by atoms with Crippen molar-refractivity contribution in [2.45, 2.75) is 49.4 Å². The molecular formula is C13H23N3OS2. The monoisotopic (exact) mass is 301 g/mol. The molecule has 108 valence electrons. The van der Waals surface area contributed by atoms with Crippen molar-refractivity contribution in [3.05, 3.63) is 11.7 Å². The van der Waals surface area contributed by atoms with E-state index in [0.29, 0.717) is 15.7 Å². The van der Waals surface area contributed by atoms with Crippen molar-refractivity contribution in [1.82, 2.24) is 15.5 Å². The molecule has 1 saturated heterocycles. The van der Waals surface area contributed by atoms with Gasteiger partial charge in [-0.05, 0) is 6.54 Å². The van der Waals surface area contributed by atoms with Crippen LogP contribution in [0.3, 0.4) is 0 Å². The van der Waals surface area contributed by atoms with Gasteiger partial charge in [-0.25, -0.2) is 0 Å². The smallest absolute Gasteiger partial charge is 0.230 e. The second-order valence-corrected chi connectivity index (χ2v) is 8.06. The predicted molar refractivity (Wildman–Crippen MR) is 83.0 cm³/mol. The van der Waals surface area contributed by atoms with Crippen LogP contribution >= 0.6 is 23.5 Å². The van der Waals surface area contributed by atoms with Gasteiger partial charge in [-0.2, -0.15) is 16.7 Å². The van der Waals surface area contributed by atoms with E-state index in [1.807, 2.05) is 23.5 Å². The van der Waals surface area contributed by atoms with E-state index in [9.17, 15) is 0 Å². The van der Waals surface area contributed by atoms with Gasteiger partial charge in [-0.15, -0.1) is 11.8 Å². The highest BCUT2D eigenvalue weighted by atomic mass is 32.2. The zero-order valence-electron chi connectivity index (χ0n) is 12.0. The summed E-state index contributed by atoms with van der Waals surface area (Å²) in [5.74, 6) is 2.98. The summed E-state index contributed by atoms with van der Waals surface area (Å²) >= 11 is 3.97. The van der Waals surface area contributed by atoms with Gasteiger partial charge < -0.3 is 9.84 Å². The van der Waals surface area contributed by atoms with Crippen LogP contribution in [0.5, 0.6) is 0 Å². The molecule has 0 bridgehead atoms. The second-order valence-electron chi connectivity index (χ2n) is 5.07. The summed E-state index contributed by atoms with van der Waals surface area (Å²) in [6, 6.07) is 0. The van der Waals surface area contributed by atoms with E-state index in [4.69, 9.17) is 4.52 Å². The molecule has 19 heavy (non-hydrogen) atoms. The third-order valence-corrected chi connectivity index (χ3v) is 6.80. The Labute approximate surface area is 123 Å². The molecule has 0 aliphatic carbocycles. The molecule has 6 heteroatoms. The molecule has 0 amide bonds. The number of likely N-dealkylation sites (N-methyl/N-ethyl adjacent to an activating group) is 1. The van der Waals surface area contributed by atoms with E-state index in [0.717, 1.165) is 30.6 Å². The van der Waals surface area contributed by atoms with E-state index in [2.05, 4.69) is 43.2 Å². The Balaban J connectivity index is 1.97. The van der Waals surface area contributed by atoms with E-state index >= 15 is 0 Å². The first kappa shape index (κ1) is 15.2. The summed E-state index contributed by atoms with van der Waals surface area (Å²) in [6.45, 7) is 10.6. The standard InChI is InChI=1S/C13H23N3OS2/c1-5-14-6-8(2)13-15-12(16-17-13)11-7-18-9(3)10(4)19-11/h8-11,14H,5-7H2,1-4H3. The Morgan fingerprint density at radius 3 is 2.89 bits per heavy atom. The van der Waals surface area contributed by atoms with Crippen LogP contribution in [0.15, 0.2) is 4.52 Å². The molecule has 4 unspecified atom stereocenters. The van der Waals surface area contributed by atoms with Crippen molar-refractivity contribution in [2.75, 3.05) is 18.8 Å². The van der Waals surface area contributed by atoms with Crippen molar-refractivity contribution >= 4 is 23.5 Å². The van der Waals surface area contributed by atoms with Gasteiger partial charge in [-0.3, -0.25) is 0 Å². The highest BCUT2D eigenvalue weighted by Crippen LogP contribution is 2.43. The summed E-state index contributed by atoms with van der Waals surface area (Å²) in [5.41, 5.74) is 0. The first-order chi connectivity index (χ1) is 9.11. The topological polar surface area (TPSA) is 51.0 Å². The van der Waals surface area contributed by atoms with E-state index in [1.54, 1.807) is 0 Å². The number of hydrogen-bond acceptors (Lipinski definition) is 6. The quantitative estimate of drug-likeness (QED) is 0.902. The summed E-state index contributed by atoms with van der Waals surface area (Å²) in [6.07, 6.45) is 0. The lowest BCUT2D eigenvalue weighted by molar-refractivity contribution is 0.351. The second kappa shape index (κ2) is 6.99. The highest BCUT2D eigenvalue weighted by Gasteiger charge is 2.30. The Morgan fingerprint density at radius 2 is 2.21 bits per heavy atom. The zero-order valence-corrected chi connectivity index (χ0v) is 13.7. The van der Waals surface area contributed by atoms with Crippen molar-refractivity contribution < 1.29 is 4.52 Å². The van der Waals surface area contributed by atoms with E-state index in [1.165, 1.54) is 0 Å². The van der Waals surface area contributed by atoms with Crippen LogP contribution < -0.4 is 5.32 Å². The molecule has 1 aliphatic heterocycles. The van der Waals surface area contributed by atoms with Crippen molar-refractivity contribution in [1.29, 1.82) is 0 Å². The molecule has 1 aliphatic rings. The highest BCUT2D eigenvalue weighted by molar-refractivity contribution is 8.07. The molecule has 2 rings (SSSR count). The Bertz CT molecular complexity index is 399. The number of aromatic nitrogens is 2. The number of hydrogen-bond donors (Lipinski definition) is 1. The molecular weight excluding hydrogens is 278 g/mol. The van der Waals surface area contributed by atoms with Gasteiger partial charge in [0.2, 0.25) is 5.89 Å². The third kappa shape index (κ3) is 3.89. The minimum absolute atomic E-state index is 0.277. The fraction of sp³-hybridized carbons (Fsp3) is 0.846. The van der Waals surface area contributed by atoms with Gasteiger partial charge in [0.1, 0.15) is 0 Å². The van der Waals surface area contributed by atoms with Crippen molar-refractivity contribution in [3.63, 3.8) is 0 Å². The number of thioether (sulfide) groups is 2. The van der Waals surface area contributed by atoms with Gasteiger partial charge in [-0.1, -0.05) is 32.9 Å². The lowest BCUT2D eigenvalue weighted by Crippen LogP contribution is -2.22. The Morgan fingerprint density at radius 1 is 1.42 bits per heavy atom. The normalized spacial score (nSPS) is 29.4. The molecule has 4 nitrogen and oxygen atoms in total. The van der Waals surface area contributed by atoms with Crippen LogP contribution in [0, 0.1) is 0 Å². The molecule has 1 aromatic rings. The SMILES string of the molecule is CCNCC(C)c1nc(C2CSC(C)C(C)S2)no1. The van der Waals surface area contributed by atoms with E-state index < -0.39 is 0 Å². The van der Waals surface area contributed by atoms with Crippen molar-refractivity contribution in [2.24, 2.45) is 0 Å². The molecule has 0 radical (unpaired) electrons. The zero-order chi connectivity index (χ0) is 13.8. The van der Waals surface area contributed by atoms with E-state index in [-0.39, 0.29) is 5.92 Å². The molecule has 0 aromatic carbocycles. The van der Waals surface area contributed by atoms with Gasteiger partial charge in [0.25, 0.3) is 0 Å². The van der Waals surface area contributed by atoms with Crippen LogP contribution in [0.1, 0.15) is 50.6 Å². The summed E-state index contributed by atoms with van der Waals surface area (Å²) in [5, 5.41) is 9.22. The molecule has 0 spiro atoms. The van der Waals surface area contributed by atoms with Crippen LogP contribution in [0.25, 0.3) is 0 Å². The lowest BCUT2D eigenvalue weighted by Gasteiger charge is -2.29. The van der Waals surface area contributed by atoms with Gasteiger partial charge >= 0.3 is 0 Å². The summed E-state index contributed by atoms with van der Waals surface area (Å²) in [4.78, 5) is 4.59. The predicted octanol–water partition coefficient (Wildman–Crippen LogP) is 3.08. The molecule has 2 heterocycles. The molecule has 1 N–H and O–H groups in total. The molecule has 1 fully saturated rings. The fourth-order valence-corrected chi connectivity index (χ4v) is 4.78. The van der Waals surface area contributed by atoms with Gasteiger partial charge in [0.15, 0.2) is 5.82 Å². The van der Waals surface area contributed by atoms with Crippen LogP contribution in [-0.2, 0) is 0 Å². The Kier molecular flexibility index (Phi) is 5.59. The Hall–Kier alpha value is -0.200. The number of nitrogens with one attached hydrogen (secondary N) is 1. The molecule has 1 aromatic heterocycles. The largest absolute Gasteiger partial charge is 0.339 e. The number of nitrogens with zero attached hydrogens (tertiary/aromatic N) is 2. The van der Waals surface area contributed by atoms with Crippen LogP contribution in [-0.4, -0.2) is 39.5 Å². The lowest BCUT2D eigenvalue weighted by atomic mass is 10.2. The minimum atomic E-state index is 0.277. The average Bonchev–Trinajstić information content (AvgIpc) is 2.89. The maximum absolute atomic E-state index is 5.42. The third-order valence-electron chi connectivity index (χ3n) is 3.42. The number of rotatable bonds is 5. The van der Waals surface area contributed by atoms with Gasteiger partial charge in [0.05, 0.1) is 5.25 Å². The van der Waals surface area contributed by atoms with Gasteiger partial charge in [0, 0.05) is 28.7 Å². The molecule has 0 saturated carbocycles. The van der Waals surface area contributed by atoms with Crippen molar-refractivity contribution in [3.8, 4) is 0 Å². The average molecular weight is 301 g/mol. The minimum Gasteiger partial charge on any atom is -0.339 e. The first-order valence-corrected chi connectivity index (χ1v) is 8.92. The fourth-order valence-electron chi connectivity index (χ4n) is 1.95. The first-order valence-electron chi connectivity index (χ1n) is 6.93.